The lowest BCUT2D eigenvalue weighted by Crippen LogP contribution is -2.34. The van der Waals surface area contributed by atoms with Gasteiger partial charge in [-0.3, -0.25) is 0 Å². The van der Waals surface area contributed by atoms with E-state index in [9.17, 15) is 0 Å². The molecule has 0 aromatic rings. The highest BCUT2D eigenvalue weighted by Gasteiger charge is 2.39. The maximum absolute atomic E-state index is 4.29. The van der Waals surface area contributed by atoms with Gasteiger partial charge in [-0.15, -0.1) is 0 Å². The molecule has 2 aliphatic carbocycles. The molecule has 0 spiro atoms. The van der Waals surface area contributed by atoms with E-state index in [2.05, 4.69) is 33.4 Å². The van der Waals surface area contributed by atoms with Gasteiger partial charge >= 0.3 is 0 Å². The number of fused-ring (bicyclic) bond motifs is 1. The van der Waals surface area contributed by atoms with Crippen molar-refractivity contribution in [2.75, 3.05) is 0 Å². The molecule has 0 saturated heterocycles. The molecule has 0 aliphatic heterocycles. The second-order valence-corrected chi connectivity index (χ2v) is 6.04. The number of rotatable bonds is 1. The first-order chi connectivity index (χ1) is 7.03. The van der Waals surface area contributed by atoms with Crippen LogP contribution in [0.4, 0.5) is 0 Å². The van der Waals surface area contributed by atoms with Crippen LogP contribution in [-0.2, 0) is 0 Å². The van der Waals surface area contributed by atoms with Crippen LogP contribution in [0, 0.1) is 17.3 Å². The minimum Gasteiger partial charge on any atom is -0.0992 e. The first kappa shape index (κ1) is 11.0. The van der Waals surface area contributed by atoms with Gasteiger partial charge in [0.25, 0.3) is 0 Å². The lowest BCUT2D eigenvalue weighted by atomic mass is 9.59. The minimum atomic E-state index is 0.535. The summed E-state index contributed by atoms with van der Waals surface area (Å²) in [6, 6.07) is 0. The summed E-state index contributed by atoms with van der Waals surface area (Å²) in [5.41, 5.74) is 3.69. The van der Waals surface area contributed by atoms with Crippen molar-refractivity contribution >= 4 is 0 Å². The standard InChI is InChI=1S/C15H24/c1-11(2)13-7-9-15(4)8-5-6-12(3)14(15)10-13/h10-11,14H,3,5-9H2,1-2,4H3/t14?,15-/m0/s1. The normalized spacial score (nSPS) is 36.4. The summed E-state index contributed by atoms with van der Waals surface area (Å²) in [4.78, 5) is 0. The van der Waals surface area contributed by atoms with E-state index in [1.54, 1.807) is 5.57 Å². The molecule has 0 aromatic carbocycles. The smallest absolute Gasteiger partial charge is 0.00308 e. The zero-order valence-electron chi connectivity index (χ0n) is 10.5. The monoisotopic (exact) mass is 204 g/mol. The van der Waals surface area contributed by atoms with Crippen molar-refractivity contribution in [1.29, 1.82) is 0 Å². The molecule has 2 aliphatic rings. The molecule has 0 amide bonds. The molecule has 0 N–H and O–H groups in total. The molecule has 2 rings (SSSR count). The predicted molar refractivity (Wildman–Crippen MR) is 66.7 cm³/mol. The van der Waals surface area contributed by atoms with Crippen molar-refractivity contribution in [2.45, 2.75) is 52.9 Å². The van der Waals surface area contributed by atoms with E-state index < -0.39 is 0 Å². The van der Waals surface area contributed by atoms with Crippen LogP contribution in [0.15, 0.2) is 23.8 Å². The van der Waals surface area contributed by atoms with Crippen molar-refractivity contribution < 1.29 is 0 Å². The highest BCUT2D eigenvalue weighted by atomic mass is 14.4. The van der Waals surface area contributed by atoms with Gasteiger partial charge in [-0.25, -0.2) is 0 Å². The average molecular weight is 204 g/mol. The summed E-state index contributed by atoms with van der Waals surface area (Å²) >= 11 is 0. The van der Waals surface area contributed by atoms with Crippen molar-refractivity contribution in [3.63, 3.8) is 0 Å². The van der Waals surface area contributed by atoms with E-state index in [0.717, 1.165) is 5.92 Å². The Balaban J connectivity index is 2.28. The summed E-state index contributed by atoms with van der Waals surface area (Å²) < 4.78 is 0. The van der Waals surface area contributed by atoms with E-state index in [4.69, 9.17) is 0 Å². The molecular weight excluding hydrogens is 180 g/mol. The quantitative estimate of drug-likeness (QED) is 0.542. The Morgan fingerprint density at radius 1 is 1.33 bits per heavy atom. The second kappa shape index (κ2) is 3.81. The van der Waals surface area contributed by atoms with Gasteiger partial charge in [0.1, 0.15) is 0 Å². The third-order valence-corrected chi connectivity index (χ3v) is 4.54. The van der Waals surface area contributed by atoms with Gasteiger partial charge in [-0.2, -0.15) is 0 Å². The molecule has 0 heterocycles. The largest absolute Gasteiger partial charge is 0.0992 e. The van der Waals surface area contributed by atoms with Crippen molar-refractivity contribution in [3.05, 3.63) is 23.8 Å². The van der Waals surface area contributed by atoms with E-state index in [1.165, 1.54) is 37.7 Å². The fourth-order valence-electron chi connectivity index (χ4n) is 3.33. The van der Waals surface area contributed by atoms with E-state index in [1.807, 2.05) is 0 Å². The third-order valence-electron chi connectivity index (χ3n) is 4.54. The molecule has 0 nitrogen and oxygen atoms in total. The zero-order valence-corrected chi connectivity index (χ0v) is 10.5. The van der Waals surface area contributed by atoms with Crippen LogP contribution in [0.1, 0.15) is 52.9 Å². The van der Waals surface area contributed by atoms with Gasteiger partial charge in [0.2, 0.25) is 0 Å². The lowest BCUT2D eigenvalue weighted by molar-refractivity contribution is 0.168. The molecule has 1 fully saturated rings. The van der Waals surface area contributed by atoms with Crippen molar-refractivity contribution in [3.8, 4) is 0 Å². The zero-order chi connectivity index (χ0) is 11.1. The van der Waals surface area contributed by atoms with Gasteiger partial charge in [-0.05, 0) is 43.4 Å². The fraction of sp³-hybridized carbons (Fsp3) is 0.733. The van der Waals surface area contributed by atoms with Crippen LogP contribution in [0.5, 0.6) is 0 Å². The molecule has 84 valence electrons. The van der Waals surface area contributed by atoms with Crippen LogP contribution in [-0.4, -0.2) is 0 Å². The summed E-state index contributed by atoms with van der Waals surface area (Å²) in [5.74, 6) is 1.40. The molecule has 0 aromatic heterocycles. The third kappa shape index (κ3) is 1.91. The molecule has 0 bridgehead atoms. The van der Waals surface area contributed by atoms with Crippen molar-refractivity contribution in [2.24, 2.45) is 17.3 Å². The minimum absolute atomic E-state index is 0.535. The summed E-state index contributed by atoms with van der Waals surface area (Å²) in [5, 5.41) is 0. The average Bonchev–Trinajstić information content (AvgIpc) is 2.17. The summed E-state index contributed by atoms with van der Waals surface area (Å²) in [7, 11) is 0. The molecule has 1 unspecified atom stereocenters. The number of hydrogen-bond acceptors (Lipinski definition) is 0. The number of hydrogen-bond donors (Lipinski definition) is 0. The van der Waals surface area contributed by atoms with Crippen LogP contribution in [0.3, 0.4) is 0 Å². The van der Waals surface area contributed by atoms with E-state index >= 15 is 0 Å². The molecule has 15 heavy (non-hydrogen) atoms. The van der Waals surface area contributed by atoms with Crippen LogP contribution >= 0.6 is 0 Å². The van der Waals surface area contributed by atoms with Gasteiger partial charge in [0, 0.05) is 5.92 Å². The van der Waals surface area contributed by atoms with Crippen molar-refractivity contribution in [1.82, 2.24) is 0 Å². The Bertz CT molecular complexity index is 295. The predicted octanol–water partition coefficient (Wildman–Crippen LogP) is 4.73. The van der Waals surface area contributed by atoms with Gasteiger partial charge in [0.15, 0.2) is 0 Å². The summed E-state index contributed by atoms with van der Waals surface area (Å²) in [6.45, 7) is 11.4. The molecule has 2 atom stereocenters. The maximum atomic E-state index is 4.29. The molecule has 0 heteroatoms. The maximum Gasteiger partial charge on any atom is 0.00308 e. The van der Waals surface area contributed by atoms with E-state index in [-0.39, 0.29) is 0 Å². The Hall–Kier alpha value is -0.520. The Kier molecular flexibility index (Phi) is 2.79. The van der Waals surface area contributed by atoms with Gasteiger partial charge < -0.3 is 0 Å². The van der Waals surface area contributed by atoms with Gasteiger partial charge in [0.05, 0.1) is 0 Å². The lowest BCUT2D eigenvalue weighted by Gasteiger charge is -2.45. The Morgan fingerprint density at radius 2 is 2.07 bits per heavy atom. The highest BCUT2D eigenvalue weighted by Crippen LogP contribution is 2.51. The molecule has 1 saturated carbocycles. The van der Waals surface area contributed by atoms with Gasteiger partial charge in [-0.1, -0.05) is 44.6 Å². The van der Waals surface area contributed by atoms with E-state index in [0.29, 0.717) is 11.3 Å². The number of allylic oxidation sites excluding steroid dienone is 3. The SMILES string of the molecule is C=C1CCC[C@@]2(C)CCC(C(C)C)=CC12. The van der Waals surface area contributed by atoms with Crippen LogP contribution in [0.2, 0.25) is 0 Å². The second-order valence-electron chi connectivity index (χ2n) is 6.04. The molecule has 0 radical (unpaired) electrons. The highest BCUT2D eigenvalue weighted by molar-refractivity contribution is 5.25. The first-order valence-corrected chi connectivity index (χ1v) is 6.41. The molecular formula is C15H24. The first-order valence-electron chi connectivity index (χ1n) is 6.41. The fourth-order valence-corrected chi connectivity index (χ4v) is 3.33. The van der Waals surface area contributed by atoms with Crippen LogP contribution < -0.4 is 0 Å². The summed E-state index contributed by atoms with van der Waals surface area (Å²) in [6.07, 6.45) is 9.26. The topological polar surface area (TPSA) is 0 Å². The Morgan fingerprint density at radius 3 is 2.73 bits per heavy atom. The van der Waals surface area contributed by atoms with Crippen LogP contribution in [0.25, 0.3) is 0 Å². The Labute approximate surface area is 94.5 Å².